The van der Waals surface area contributed by atoms with Crippen LogP contribution >= 0.6 is 11.3 Å². The molecule has 23 heavy (non-hydrogen) atoms. The lowest BCUT2D eigenvalue weighted by atomic mass is 10.0. The summed E-state index contributed by atoms with van der Waals surface area (Å²) in [5.74, 6) is -0.0860. The molecule has 0 radical (unpaired) electrons. The minimum atomic E-state index is -0.154. The van der Waals surface area contributed by atoms with Crippen molar-refractivity contribution in [3.63, 3.8) is 0 Å². The highest BCUT2D eigenvalue weighted by Gasteiger charge is 2.33. The number of hydrogen-bond acceptors (Lipinski definition) is 6. The Hall–Kier alpha value is -2.86. The average Bonchev–Trinajstić information content (AvgIpc) is 3.10. The first-order valence-corrected chi connectivity index (χ1v) is 7.84. The van der Waals surface area contributed by atoms with Crippen molar-refractivity contribution in [2.45, 2.75) is 6.92 Å². The van der Waals surface area contributed by atoms with Crippen molar-refractivity contribution in [3.05, 3.63) is 69.7 Å². The summed E-state index contributed by atoms with van der Waals surface area (Å²) in [5.41, 5.74) is 5.73. The van der Waals surface area contributed by atoms with E-state index in [9.17, 15) is 9.90 Å². The summed E-state index contributed by atoms with van der Waals surface area (Å²) < 4.78 is 0. The van der Waals surface area contributed by atoms with Crippen LogP contribution in [0.3, 0.4) is 0 Å². The molecule has 6 heteroatoms. The highest BCUT2D eigenvalue weighted by atomic mass is 32.1. The Morgan fingerprint density at radius 2 is 1.96 bits per heavy atom. The standard InChI is InChI=1S/C17H11N3O2S/c1-9-17(23-8-20-9)14-11-3-2-10(21)6-12(11)16(22)15(14)13-7-18-4-5-19-13/h2-8,21H,1H3. The van der Waals surface area contributed by atoms with Crippen LogP contribution in [0.5, 0.6) is 5.75 Å². The number of aromatic hydroxyl groups is 1. The number of carbonyl (C=O) groups excluding carboxylic acids is 1. The van der Waals surface area contributed by atoms with E-state index in [2.05, 4.69) is 15.0 Å². The SMILES string of the molecule is Cc1ncsc1C1=C(c2cnccn2)C(=O)c2cc(O)ccc21. The molecule has 0 atom stereocenters. The molecule has 0 saturated carbocycles. The highest BCUT2D eigenvalue weighted by Crippen LogP contribution is 2.44. The molecule has 0 amide bonds. The van der Waals surface area contributed by atoms with Gasteiger partial charge < -0.3 is 5.11 Å². The molecule has 2 aromatic heterocycles. The Labute approximate surface area is 136 Å². The fraction of sp³-hybridized carbons (Fsp3) is 0.0588. The second kappa shape index (κ2) is 5.10. The number of rotatable bonds is 2. The summed E-state index contributed by atoms with van der Waals surface area (Å²) in [6, 6.07) is 4.85. The Morgan fingerprint density at radius 3 is 2.65 bits per heavy atom. The predicted octanol–water partition coefficient (Wildman–Crippen LogP) is 3.10. The molecule has 0 spiro atoms. The summed E-state index contributed by atoms with van der Waals surface area (Å²) in [6.07, 6.45) is 4.71. The van der Waals surface area contributed by atoms with Crippen molar-refractivity contribution in [3.8, 4) is 5.75 Å². The van der Waals surface area contributed by atoms with Crippen molar-refractivity contribution >= 4 is 28.3 Å². The third-order valence-electron chi connectivity index (χ3n) is 3.79. The Morgan fingerprint density at radius 1 is 1.09 bits per heavy atom. The molecule has 2 heterocycles. The Bertz CT molecular complexity index is 961. The van der Waals surface area contributed by atoms with Crippen LogP contribution in [0.15, 0.2) is 42.3 Å². The zero-order valence-electron chi connectivity index (χ0n) is 12.1. The Balaban J connectivity index is 2.06. The average molecular weight is 321 g/mol. The van der Waals surface area contributed by atoms with Crippen LogP contribution < -0.4 is 0 Å². The van der Waals surface area contributed by atoms with Crippen molar-refractivity contribution in [2.75, 3.05) is 0 Å². The number of aromatic nitrogens is 3. The van der Waals surface area contributed by atoms with Gasteiger partial charge in [0, 0.05) is 23.5 Å². The maximum Gasteiger partial charge on any atom is 0.196 e. The van der Waals surface area contributed by atoms with Crippen molar-refractivity contribution in [1.29, 1.82) is 0 Å². The predicted molar refractivity (Wildman–Crippen MR) is 87.2 cm³/mol. The third-order valence-corrected chi connectivity index (χ3v) is 4.73. The molecule has 3 aromatic rings. The van der Waals surface area contributed by atoms with E-state index in [0.717, 1.165) is 21.7 Å². The van der Waals surface area contributed by atoms with Crippen LogP contribution in [0, 0.1) is 6.92 Å². The lowest BCUT2D eigenvalue weighted by Crippen LogP contribution is -2.00. The summed E-state index contributed by atoms with van der Waals surface area (Å²) in [4.78, 5) is 26.5. The van der Waals surface area contributed by atoms with E-state index >= 15 is 0 Å². The van der Waals surface area contributed by atoms with Crippen molar-refractivity contribution < 1.29 is 9.90 Å². The molecular weight excluding hydrogens is 310 g/mol. The van der Waals surface area contributed by atoms with Crippen LogP contribution in [0.1, 0.15) is 32.2 Å². The number of phenolic OH excluding ortho intramolecular Hbond substituents is 1. The molecular formula is C17H11N3O2S. The molecule has 0 unspecified atom stereocenters. The lowest BCUT2D eigenvalue weighted by Gasteiger charge is -2.06. The van der Waals surface area contributed by atoms with E-state index in [1.807, 2.05) is 6.92 Å². The third kappa shape index (κ3) is 2.07. The normalized spacial score (nSPS) is 13.5. The summed E-state index contributed by atoms with van der Waals surface area (Å²) in [5, 5.41) is 9.73. The summed E-state index contributed by atoms with van der Waals surface area (Å²) in [7, 11) is 0. The topological polar surface area (TPSA) is 76.0 Å². The minimum Gasteiger partial charge on any atom is -0.508 e. The number of Topliss-reactive ketones (excluding diaryl/α,β-unsaturated/α-hetero) is 1. The number of fused-ring (bicyclic) bond motifs is 1. The lowest BCUT2D eigenvalue weighted by molar-refractivity contribution is 0.105. The van der Waals surface area contributed by atoms with E-state index in [-0.39, 0.29) is 11.5 Å². The molecule has 0 aliphatic heterocycles. The van der Waals surface area contributed by atoms with Gasteiger partial charge in [0.05, 0.1) is 33.5 Å². The minimum absolute atomic E-state index is 0.0675. The van der Waals surface area contributed by atoms with E-state index < -0.39 is 0 Å². The second-order valence-corrected chi connectivity index (χ2v) is 6.02. The number of hydrogen-bond donors (Lipinski definition) is 1. The van der Waals surface area contributed by atoms with Gasteiger partial charge in [-0.2, -0.15) is 0 Å². The van der Waals surface area contributed by atoms with Gasteiger partial charge in [0.1, 0.15) is 5.75 Å². The van der Waals surface area contributed by atoms with E-state index in [1.54, 1.807) is 36.2 Å². The molecule has 0 fully saturated rings. The molecule has 1 aliphatic carbocycles. The first-order chi connectivity index (χ1) is 11.2. The van der Waals surface area contributed by atoms with Gasteiger partial charge in [-0.05, 0) is 30.7 Å². The second-order valence-electron chi connectivity index (χ2n) is 5.17. The summed E-state index contributed by atoms with van der Waals surface area (Å²) >= 11 is 1.48. The molecule has 0 saturated heterocycles. The molecule has 1 aliphatic rings. The molecule has 5 nitrogen and oxygen atoms in total. The van der Waals surface area contributed by atoms with Crippen LogP contribution in [0.25, 0.3) is 11.1 Å². The van der Waals surface area contributed by atoms with E-state index in [4.69, 9.17) is 0 Å². The highest BCUT2D eigenvalue weighted by molar-refractivity contribution is 7.11. The molecule has 112 valence electrons. The number of thiazole rings is 1. The number of allylic oxidation sites excluding steroid dienone is 1. The number of carbonyl (C=O) groups is 1. The molecule has 1 N–H and O–H groups in total. The van der Waals surface area contributed by atoms with Gasteiger partial charge >= 0.3 is 0 Å². The van der Waals surface area contributed by atoms with Crippen molar-refractivity contribution in [1.82, 2.24) is 15.0 Å². The van der Waals surface area contributed by atoms with Gasteiger partial charge in [-0.25, -0.2) is 4.98 Å². The van der Waals surface area contributed by atoms with Crippen LogP contribution in [0.2, 0.25) is 0 Å². The number of benzene rings is 1. The van der Waals surface area contributed by atoms with Crippen LogP contribution in [-0.2, 0) is 0 Å². The molecule has 0 bridgehead atoms. The Kier molecular flexibility index (Phi) is 3.06. The zero-order valence-corrected chi connectivity index (χ0v) is 13.0. The maximum atomic E-state index is 12.9. The van der Waals surface area contributed by atoms with Gasteiger partial charge in [0.2, 0.25) is 0 Å². The van der Waals surface area contributed by atoms with Crippen molar-refractivity contribution in [2.24, 2.45) is 0 Å². The first kappa shape index (κ1) is 13.8. The fourth-order valence-electron chi connectivity index (χ4n) is 2.77. The smallest absolute Gasteiger partial charge is 0.196 e. The van der Waals surface area contributed by atoms with E-state index in [0.29, 0.717) is 16.8 Å². The zero-order chi connectivity index (χ0) is 16.0. The van der Waals surface area contributed by atoms with E-state index in [1.165, 1.54) is 17.4 Å². The van der Waals surface area contributed by atoms with Gasteiger partial charge in [0.15, 0.2) is 5.78 Å². The first-order valence-electron chi connectivity index (χ1n) is 6.96. The van der Waals surface area contributed by atoms with Gasteiger partial charge in [0.25, 0.3) is 0 Å². The van der Waals surface area contributed by atoms with Crippen LogP contribution in [0.4, 0.5) is 0 Å². The molecule has 4 rings (SSSR count). The molecule has 1 aromatic carbocycles. The largest absolute Gasteiger partial charge is 0.508 e. The summed E-state index contributed by atoms with van der Waals surface area (Å²) in [6.45, 7) is 1.91. The van der Waals surface area contributed by atoms with Gasteiger partial charge in [-0.1, -0.05) is 0 Å². The number of ketones is 1. The number of nitrogens with zero attached hydrogens (tertiary/aromatic N) is 3. The number of aryl methyl sites for hydroxylation is 1. The maximum absolute atomic E-state index is 12.9. The quantitative estimate of drug-likeness (QED) is 0.785. The van der Waals surface area contributed by atoms with Gasteiger partial charge in [-0.15, -0.1) is 11.3 Å². The number of phenols is 1. The van der Waals surface area contributed by atoms with Crippen LogP contribution in [-0.4, -0.2) is 25.8 Å². The fourth-order valence-corrected chi connectivity index (χ4v) is 3.64. The monoisotopic (exact) mass is 321 g/mol. The van der Waals surface area contributed by atoms with Gasteiger partial charge in [-0.3, -0.25) is 14.8 Å².